The summed E-state index contributed by atoms with van der Waals surface area (Å²) in [7, 11) is 1.50. The van der Waals surface area contributed by atoms with Crippen molar-refractivity contribution < 1.29 is 33.9 Å². The summed E-state index contributed by atoms with van der Waals surface area (Å²) in [5, 5.41) is 25.7. The molecule has 1 aliphatic heterocycles. The van der Waals surface area contributed by atoms with E-state index in [0.717, 1.165) is 5.56 Å². The van der Waals surface area contributed by atoms with E-state index < -0.39 is 78.8 Å². The summed E-state index contributed by atoms with van der Waals surface area (Å²) in [5.41, 5.74) is 6.93. The zero-order valence-electron chi connectivity index (χ0n) is 27.7. The van der Waals surface area contributed by atoms with Crippen LogP contribution < -0.4 is 37.6 Å². The topological polar surface area (TPSA) is 253 Å². The number of carbonyl (C=O) groups is 6. The third-order valence-corrected chi connectivity index (χ3v) is 7.89. The molecule has 2 heterocycles. The normalized spacial score (nSPS) is 16.4. The van der Waals surface area contributed by atoms with E-state index in [2.05, 4.69) is 48.4 Å². The van der Waals surface area contributed by atoms with Crippen molar-refractivity contribution in [3.8, 4) is 0 Å². The third-order valence-electron chi connectivity index (χ3n) is 7.89. The Morgan fingerprint density at radius 1 is 1.00 bits per heavy atom. The first-order valence-electron chi connectivity index (χ1n) is 15.9. The minimum absolute atomic E-state index is 0.129. The fourth-order valence-corrected chi connectivity index (χ4v) is 5.39. The van der Waals surface area contributed by atoms with Crippen LogP contribution in [0.1, 0.15) is 31.0 Å². The SMILES string of the molecule is C=C(NCC(N)=O)C(Cc1c[nH]cn1)NC(=O)CNC(=O)C1CCCN1C(=O)C(Cc1ccccc1)NC(=O)CNC(=O)C(NC)C(C)O. The second-order valence-corrected chi connectivity index (χ2v) is 11.7. The monoisotopic (exact) mass is 682 g/mol. The van der Waals surface area contributed by atoms with Crippen LogP contribution in [0.5, 0.6) is 0 Å². The first kappa shape index (κ1) is 38.2. The molecule has 6 amide bonds. The number of aromatic amines is 1. The maximum absolute atomic E-state index is 13.9. The number of likely N-dealkylation sites (N-methyl/N-ethyl adjacent to an activating group) is 1. The van der Waals surface area contributed by atoms with Crippen LogP contribution in [0.15, 0.2) is 55.1 Å². The lowest BCUT2D eigenvalue weighted by molar-refractivity contribution is -0.141. The van der Waals surface area contributed by atoms with Crippen LogP contribution >= 0.6 is 0 Å². The number of aliphatic hydroxyl groups is 1. The van der Waals surface area contributed by atoms with E-state index in [1.165, 1.54) is 25.2 Å². The molecule has 2 aromatic rings. The smallest absolute Gasteiger partial charge is 0.246 e. The predicted octanol–water partition coefficient (Wildman–Crippen LogP) is -3.05. The van der Waals surface area contributed by atoms with E-state index >= 15 is 0 Å². The second-order valence-electron chi connectivity index (χ2n) is 11.7. The van der Waals surface area contributed by atoms with Crippen molar-refractivity contribution in [3.63, 3.8) is 0 Å². The van der Waals surface area contributed by atoms with Gasteiger partial charge < -0.3 is 52.6 Å². The van der Waals surface area contributed by atoms with Crippen molar-refractivity contribution in [3.05, 3.63) is 66.4 Å². The number of carbonyl (C=O) groups excluding carboxylic acids is 6. The molecule has 1 aromatic heterocycles. The van der Waals surface area contributed by atoms with Gasteiger partial charge in [0.05, 0.1) is 43.8 Å². The highest BCUT2D eigenvalue weighted by atomic mass is 16.3. The molecule has 5 unspecified atom stereocenters. The van der Waals surface area contributed by atoms with E-state index in [0.29, 0.717) is 24.2 Å². The van der Waals surface area contributed by atoms with Crippen molar-refractivity contribution in [2.24, 2.45) is 5.73 Å². The Labute approximate surface area is 284 Å². The van der Waals surface area contributed by atoms with Gasteiger partial charge in [-0.05, 0) is 32.4 Å². The number of nitrogens with one attached hydrogen (secondary N) is 7. The Hall–Kier alpha value is -5.29. The van der Waals surface area contributed by atoms with E-state index in [1.54, 1.807) is 30.5 Å². The van der Waals surface area contributed by atoms with Crippen molar-refractivity contribution >= 4 is 35.4 Å². The molecular weight excluding hydrogens is 636 g/mol. The summed E-state index contributed by atoms with van der Waals surface area (Å²) < 4.78 is 0. The molecule has 1 aliphatic rings. The standard InChI is InChI=1S/C32H46N10O7/c1-19(36-15-26(33)44)23(13-22-14-35-18-39-22)40-27(45)16-37-30(47)25-10-7-11-42(25)32(49)24(12-21-8-5-4-6-9-21)41-28(46)17-38-31(48)29(34-3)20(2)43/h4-6,8-9,14,18,20,23-25,29,34,36,43H,1,7,10-13,15-17H2,2-3H3,(H2,33,44)(H,35,39)(H,37,47)(H,38,48)(H,40,45)(H,41,46). The van der Waals surface area contributed by atoms with Gasteiger partial charge in [0.1, 0.15) is 18.1 Å². The van der Waals surface area contributed by atoms with Crippen LogP contribution in [-0.2, 0) is 41.6 Å². The zero-order valence-corrected chi connectivity index (χ0v) is 27.7. The maximum atomic E-state index is 13.9. The fraction of sp³-hybridized carbons (Fsp3) is 0.469. The van der Waals surface area contributed by atoms with Gasteiger partial charge in [0, 0.05) is 31.3 Å². The first-order valence-corrected chi connectivity index (χ1v) is 15.9. The number of likely N-dealkylation sites (tertiary alicyclic amines) is 1. The number of aromatic nitrogens is 2. The number of benzene rings is 1. The van der Waals surface area contributed by atoms with E-state index in [-0.39, 0.29) is 25.9 Å². The number of hydrogen-bond donors (Lipinski definition) is 9. The number of aliphatic hydroxyl groups excluding tert-OH is 1. The lowest BCUT2D eigenvalue weighted by Gasteiger charge is -2.29. The Kier molecular flexibility index (Phi) is 14.7. The number of primary amides is 1. The summed E-state index contributed by atoms with van der Waals surface area (Å²) in [4.78, 5) is 85.0. The number of rotatable bonds is 19. The molecule has 0 spiro atoms. The summed E-state index contributed by atoms with van der Waals surface area (Å²) in [5.74, 6) is -3.39. The van der Waals surface area contributed by atoms with Crippen LogP contribution in [0.3, 0.4) is 0 Å². The molecule has 0 aliphatic carbocycles. The molecule has 0 saturated carbocycles. The average Bonchev–Trinajstić information content (AvgIpc) is 3.78. The lowest BCUT2D eigenvalue weighted by Crippen LogP contribution is -2.56. The number of hydrogen-bond acceptors (Lipinski definition) is 10. The van der Waals surface area contributed by atoms with Gasteiger partial charge in [0.2, 0.25) is 35.4 Å². The van der Waals surface area contributed by atoms with Gasteiger partial charge in [-0.15, -0.1) is 0 Å². The number of H-pyrrole nitrogens is 1. The molecule has 266 valence electrons. The summed E-state index contributed by atoms with van der Waals surface area (Å²) in [6.45, 7) is 4.56. The van der Waals surface area contributed by atoms with Gasteiger partial charge in [-0.2, -0.15) is 0 Å². The van der Waals surface area contributed by atoms with Gasteiger partial charge in [-0.1, -0.05) is 36.9 Å². The van der Waals surface area contributed by atoms with E-state index in [4.69, 9.17) is 5.73 Å². The Bertz CT molecular complexity index is 1450. The van der Waals surface area contributed by atoms with E-state index in [9.17, 15) is 33.9 Å². The number of imidazole rings is 1. The molecule has 0 radical (unpaired) electrons. The summed E-state index contributed by atoms with van der Waals surface area (Å²) in [6, 6.07) is 5.47. The molecule has 5 atom stereocenters. The Morgan fingerprint density at radius 3 is 2.29 bits per heavy atom. The van der Waals surface area contributed by atoms with Crippen molar-refractivity contribution in [1.29, 1.82) is 0 Å². The number of nitrogens with zero attached hydrogens (tertiary/aromatic N) is 2. The minimum atomic E-state index is -1.05. The van der Waals surface area contributed by atoms with Crippen LogP contribution in [-0.4, -0.2) is 119 Å². The molecule has 0 bridgehead atoms. The zero-order chi connectivity index (χ0) is 35.9. The van der Waals surface area contributed by atoms with Crippen molar-refractivity contribution in [2.75, 3.05) is 33.2 Å². The largest absolute Gasteiger partial charge is 0.391 e. The molecule has 10 N–H and O–H groups in total. The summed E-state index contributed by atoms with van der Waals surface area (Å²) >= 11 is 0. The number of nitrogens with two attached hydrogens (primary N) is 1. The first-order chi connectivity index (χ1) is 23.4. The highest BCUT2D eigenvalue weighted by Gasteiger charge is 2.38. The fourth-order valence-electron chi connectivity index (χ4n) is 5.39. The van der Waals surface area contributed by atoms with Gasteiger partial charge in [0.25, 0.3) is 0 Å². The Balaban J connectivity index is 1.64. The maximum Gasteiger partial charge on any atom is 0.246 e. The van der Waals surface area contributed by atoms with E-state index in [1.807, 2.05) is 6.07 Å². The minimum Gasteiger partial charge on any atom is -0.391 e. The Morgan fingerprint density at radius 2 is 1.67 bits per heavy atom. The molecule has 17 heteroatoms. The molecule has 1 fully saturated rings. The summed E-state index contributed by atoms with van der Waals surface area (Å²) in [6.07, 6.45) is 3.38. The molecule has 3 rings (SSSR count). The van der Waals surface area contributed by atoms with Gasteiger partial charge in [0.15, 0.2) is 0 Å². The highest BCUT2D eigenvalue weighted by molar-refractivity contribution is 5.95. The quantitative estimate of drug-likeness (QED) is 0.0724. The van der Waals surface area contributed by atoms with Crippen LogP contribution in [0.2, 0.25) is 0 Å². The molecular formula is C32H46N10O7. The predicted molar refractivity (Wildman–Crippen MR) is 178 cm³/mol. The molecule has 49 heavy (non-hydrogen) atoms. The van der Waals surface area contributed by atoms with Crippen LogP contribution in [0.4, 0.5) is 0 Å². The van der Waals surface area contributed by atoms with Gasteiger partial charge >= 0.3 is 0 Å². The lowest BCUT2D eigenvalue weighted by atomic mass is 10.0. The molecule has 1 saturated heterocycles. The third kappa shape index (κ3) is 12.0. The van der Waals surface area contributed by atoms with Gasteiger partial charge in [-0.3, -0.25) is 28.8 Å². The number of amides is 6. The molecule has 17 nitrogen and oxygen atoms in total. The van der Waals surface area contributed by atoms with Gasteiger partial charge in [-0.25, -0.2) is 4.98 Å². The van der Waals surface area contributed by atoms with Crippen molar-refractivity contribution in [2.45, 2.75) is 62.9 Å². The average molecular weight is 683 g/mol. The van der Waals surface area contributed by atoms with Crippen LogP contribution in [0, 0.1) is 0 Å². The second kappa shape index (κ2) is 18.9. The highest BCUT2D eigenvalue weighted by Crippen LogP contribution is 2.20. The molecule has 1 aromatic carbocycles. The van der Waals surface area contributed by atoms with Crippen molar-refractivity contribution in [1.82, 2.24) is 46.8 Å². The van der Waals surface area contributed by atoms with Crippen LogP contribution in [0.25, 0.3) is 0 Å².